The van der Waals surface area contributed by atoms with Crippen LogP contribution >= 0.6 is 0 Å². The number of rotatable bonds is 4. The predicted octanol–water partition coefficient (Wildman–Crippen LogP) is 1.88. The molecule has 0 atom stereocenters. The maximum atomic E-state index is 11.3. The summed E-state index contributed by atoms with van der Waals surface area (Å²) in [5.74, 6) is -0.624. The number of allylic oxidation sites excluding steroid dienone is 1. The Labute approximate surface area is 94.1 Å². The number of carbonyl (C=O) groups is 1. The fraction of sp³-hybridized carbons (Fsp3) is 0.250. The number of benzene rings is 1. The van der Waals surface area contributed by atoms with E-state index >= 15 is 0 Å². The highest BCUT2D eigenvalue weighted by Crippen LogP contribution is 2.19. The maximum absolute atomic E-state index is 11.3. The van der Waals surface area contributed by atoms with Crippen molar-refractivity contribution in [3.05, 3.63) is 41.7 Å². The number of phenolic OH excluding ortho intramolecular Hbond substituents is 1. The van der Waals surface area contributed by atoms with Crippen molar-refractivity contribution in [2.75, 3.05) is 14.2 Å². The Morgan fingerprint density at radius 3 is 2.81 bits per heavy atom. The molecule has 4 nitrogen and oxygen atoms in total. The topological polar surface area (TPSA) is 55.8 Å². The fourth-order valence-corrected chi connectivity index (χ4v) is 1.26. The maximum Gasteiger partial charge on any atom is 0.341 e. The Bertz CT molecular complexity index is 396. The predicted molar refractivity (Wildman–Crippen MR) is 59.3 cm³/mol. The van der Waals surface area contributed by atoms with Crippen molar-refractivity contribution in [3.8, 4) is 5.75 Å². The van der Waals surface area contributed by atoms with Gasteiger partial charge in [-0.25, -0.2) is 4.79 Å². The summed E-state index contributed by atoms with van der Waals surface area (Å²) < 4.78 is 9.32. The highest BCUT2D eigenvalue weighted by Gasteiger charge is 2.11. The number of ether oxygens (including phenoxy) is 2. The van der Waals surface area contributed by atoms with Crippen LogP contribution < -0.4 is 0 Å². The summed E-state index contributed by atoms with van der Waals surface area (Å²) in [6.45, 7) is 0. The van der Waals surface area contributed by atoms with Gasteiger partial charge in [-0.1, -0.05) is 6.07 Å². The minimum absolute atomic E-state index is 0.0775. The van der Waals surface area contributed by atoms with Gasteiger partial charge in [-0.05, 0) is 30.2 Å². The molecule has 0 aliphatic heterocycles. The lowest BCUT2D eigenvalue weighted by Crippen LogP contribution is -2.02. The van der Waals surface area contributed by atoms with Crippen LogP contribution in [0, 0.1) is 0 Å². The molecule has 0 bridgehead atoms. The molecule has 1 aromatic rings. The summed E-state index contributed by atoms with van der Waals surface area (Å²) in [4.78, 5) is 11.3. The third-order valence-electron chi connectivity index (χ3n) is 2.05. The third kappa shape index (κ3) is 3.02. The SMILES string of the molecule is COC=CCc1ccc(O)c(C(=O)OC)c1. The van der Waals surface area contributed by atoms with Crippen LogP contribution in [0.25, 0.3) is 0 Å². The summed E-state index contributed by atoms with van der Waals surface area (Å²) in [6.07, 6.45) is 4.00. The van der Waals surface area contributed by atoms with E-state index in [1.165, 1.54) is 13.2 Å². The zero-order chi connectivity index (χ0) is 12.0. The lowest BCUT2D eigenvalue weighted by atomic mass is 10.1. The molecule has 0 fully saturated rings. The van der Waals surface area contributed by atoms with Crippen molar-refractivity contribution in [2.24, 2.45) is 0 Å². The molecule has 1 N–H and O–H groups in total. The normalized spacial score (nSPS) is 10.4. The molecular formula is C12H14O4. The Hall–Kier alpha value is -1.97. The number of aromatic hydroxyl groups is 1. The van der Waals surface area contributed by atoms with Gasteiger partial charge in [0.15, 0.2) is 0 Å². The van der Waals surface area contributed by atoms with E-state index in [-0.39, 0.29) is 11.3 Å². The molecule has 0 spiro atoms. The van der Waals surface area contributed by atoms with Crippen LogP contribution in [-0.4, -0.2) is 25.3 Å². The third-order valence-corrected chi connectivity index (χ3v) is 2.05. The first kappa shape index (κ1) is 12.1. The van der Waals surface area contributed by atoms with Gasteiger partial charge in [0.1, 0.15) is 11.3 Å². The number of hydrogen-bond acceptors (Lipinski definition) is 4. The van der Waals surface area contributed by atoms with E-state index in [1.807, 2.05) is 6.08 Å². The van der Waals surface area contributed by atoms with Crippen LogP contribution in [-0.2, 0) is 15.9 Å². The van der Waals surface area contributed by atoms with Crippen molar-refractivity contribution in [1.82, 2.24) is 0 Å². The fourth-order valence-electron chi connectivity index (χ4n) is 1.26. The molecule has 0 unspecified atom stereocenters. The standard InChI is InChI=1S/C12H14O4/c1-15-7-3-4-9-5-6-11(13)10(8-9)12(14)16-2/h3,5-8,13H,4H2,1-2H3. The lowest BCUT2D eigenvalue weighted by molar-refractivity contribution is 0.0597. The Morgan fingerprint density at radius 1 is 1.44 bits per heavy atom. The zero-order valence-electron chi connectivity index (χ0n) is 9.27. The summed E-state index contributed by atoms with van der Waals surface area (Å²) in [7, 11) is 2.84. The molecule has 0 aromatic heterocycles. The largest absolute Gasteiger partial charge is 0.507 e. The monoisotopic (exact) mass is 222 g/mol. The quantitative estimate of drug-likeness (QED) is 0.624. The second-order valence-corrected chi connectivity index (χ2v) is 3.15. The molecule has 0 amide bonds. The van der Waals surface area contributed by atoms with Gasteiger partial charge in [-0.2, -0.15) is 0 Å². The minimum Gasteiger partial charge on any atom is -0.507 e. The van der Waals surface area contributed by atoms with Crippen molar-refractivity contribution >= 4 is 5.97 Å². The minimum atomic E-state index is -0.546. The molecule has 0 aliphatic rings. The van der Waals surface area contributed by atoms with Crippen LogP contribution in [0.1, 0.15) is 15.9 Å². The molecule has 0 saturated heterocycles. The highest BCUT2D eigenvalue weighted by molar-refractivity contribution is 5.92. The zero-order valence-corrected chi connectivity index (χ0v) is 9.27. The van der Waals surface area contributed by atoms with Gasteiger partial charge >= 0.3 is 5.97 Å². The summed E-state index contributed by atoms with van der Waals surface area (Å²) in [6, 6.07) is 4.81. The van der Waals surface area contributed by atoms with Crippen LogP contribution in [0.2, 0.25) is 0 Å². The Morgan fingerprint density at radius 2 is 2.19 bits per heavy atom. The van der Waals surface area contributed by atoms with Gasteiger partial charge < -0.3 is 14.6 Å². The van der Waals surface area contributed by atoms with E-state index in [4.69, 9.17) is 4.74 Å². The number of phenols is 1. The Kier molecular flexibility index (Phi) is 4.39. The summed E-state index contributed by atoms with van der Waals surface area (Å²) in [5, 5.41) is 9.46. The average molecular weight is 222 g/mol. The second kappa shape index (κ2) is 5.80. The molecule has 0 aliphatic carbocycles. The van der Waals surface area contributed by atoms with Crippen LogP contribution in [0.15, 0.2) is 30.5 Å². The van der Waals surface area contributed by atoms with E-state index in [2.05, 4.69) is 4.74 Å². The summed E-state index contributed by atoms with van der Waals surface area (Å²) >= 11 is 0. The smallest absolute Gasteiger partial charge is 0.341 e. The van der Waals surface area contributed by atoms with Crippen LogP contribution in [0.4, 0.5) is 0 Å². The number of methoxy groups -OCH3 is 2. The van der Waals surface area contributed by atoms with Crippen LogP contribution in [0.5, 0.6) is 5.75 Å². The van der Waals surface area contributed by atoms with Crippen molar-refractivity contribution in [3.63, 3.8) is 0 Å². The molecule has 0 radical (unpaired) electrons. The molecule has 4 heteroatoms. The van der Waals surface area contributed by atoms with Gasteiger partial charge in [0.2, 0.25) is 0 Å². The van der Waals surface area contributed by atoms with Gasteiger partial charge in [0.05, 0.1) is 20.5 Å². The van der Waals surface area contributed by atoms with E-state index < -0.39 is 5.97 Å². The first-order valence-electron chi connectivity index (χ1n) is 4.77. The molecular weight excluding hydrogens is 208 g/mol. The van der Waals surface area contributed by atoms with Crippen molar-refractivity contribution in [1.29, 1.82) is 0 Å². The van der Waals surface area contributed by atoms with Gasteiger partial charge in [0, 0.05) is 0 Å². The Balaban J connectivity index is 2.89. The number of hydrogen-bond donors (Lipinski definition) is 1. The van der Waals surface area contributed by atoms with E-state index in [1.54, 1.807) is 25.5 Å². The summed E-state index contributed by atoms with van der Waals surface area (Å²) in [5.41, 5.74) is 1.07. The van der Waals surface area contributed by atoms with Gasteiger partial charge in [0.25, 0.3) is 0 Å². The lowest BCUT2D eigenvalue weighted by Gasteiger charge is -2.04. The van der Waals surface area contributed by atoms with Crippen LogP contribution in [0.3, 0.4) is 0 Å². The molecule has 86 valence electrons. The molecule has 1 rings (SSSR count). The molecule has 16 heavy (non-hydrogen) atoms. The molecule has 1 aromatic carbocycles. The van der Waals surface area contributed by atoms with Gasteiger partial charge in [-0.3, -0.25) is 0 Å². The first-order chi connectivity index (χ1) is 7.69. The van der Waals surface area contributed by atoms with Crippen molar-refractivity contribution in [2.45, 2.75) is 6.42 Å². The second-order valence-electron chi connectivity index (χ2n) is 3.15. The first-order valence-corrected chi connectivity index (χ1v) is 4.77. The highest BCUT2D eigenvalue weighted by atomic mass is 16.5. The number of carbonyl (C=O) groups excluding carboxylic acids is 1. The van der Waals surface area contributed by atoms with E-state index in [0.29, 0.717) is 6.42 Å². The molecule has 0 saturated carbocycles. The number of esters is 1. The molecule has 0 heterocycles. The van der Waals surface area contributed by atoms with E-state index in [0.717, 1.165) is 5.56 Å². The van der Waals surface area contributed by atoms with Crippen molar-refractivity contribution < 1.29 is 19.4 Å². The average Bonchev–Trinajstić information content (AvgIpc) is 2.30. The van der Waals surface area contributed by atoms with E-state index in [9.17, 15) is 9.90 Å². The van der Waals surface area contributed by atoms with Gasteiger partial charge in [-0.15, -0.1) is 0 Å².